The van der Waals surface area contributed by atoms with E-state index in [0.29, 0.717) is 0 Å². The SMILES string of the molecule is NCc1cc(OC(F)(F)F)nc(C(=O)O)c1I. The van der Waals surface area contributed by atoms with Crippen LogP contribution < -0.4 is 10.5 Å². The fourth-order valence-corrected chi connectivity index (χ4v) is 1.74. The summed E-state index contributed by atoms with van der Waals surface area (Å²) in [5.74, 6) is -2.28. The molecule has 0 aliphatic carbocycles. The number of carbonyl (C=O) groups is 1. The molecule has 0 aliphatic rings. The molecule has 0 aliphatic heterocycles. The highest BCUT2D eigenvalue weighted by Gasteiger charge is 2.32. The lowest BCUT2D eigenvalue weighted by atomic mass is 10.2. The zero-order valence-electron chi connectivity index (χ0n) is 8.08. The van der Waals surface area contributed by atoms with Crippen LogP contribution in [-0.2, 0) is 6.54 Å². The van der Waals surface area contributed by atoms with Crippen LogP contribution in [0.1, 0.15) is 16.1 Å². The molecule has 0 unspecified atom stereocenters. The molecule has 1 aromatic rings. The van der Waals surface area contributed by atoms with E-state index in [1.54, 1.807) is 22.6 Å². The number of aromatic carboxylic acids is 1. The number of hydrogen-bond donors (Lipinski definition) is 2. The summed E-state index contributed by atoms with van der Waals surface area (Å²) in [6.45, 7) is -0.116. The predicted octanol–water partition coefficient (Wildman–Crippen LogP) is 1.74. The number of hydrogen-bond acceptors (Lipinski definition) is 4. The van der Waals surface area contributed by atoms with E-state index < -0.39 is 23.9 Å². The van der Waals surface area contributed by atoms with Crippen LogP contribution in [0.5, 0.6) is 5.88 Å². The van der Waals surface area contributed by atoms with Crippen LogP contribution in [0.4, 0.5) is 13.2 Å². The fourth-order valence-electron chi connectivity index (χ4n) is 1.02. The summed E-state index contributed by atoms with van der Waals surface area (Å²) in [6, 6.07) is 0.960. The highest BCUT2D eigenvalue weighted by molar-refractivity contribution is 14.1. The second-order valence-electron chi connectivity index (χ2n) is 2.84. The molecule has 0 saturated carbocycles. The lowest BCUT2D eigenvalue weighted by Gasteiger charge is -2.11. The van der Waals surface area contributed by atoms with Crippen molar-refractivity contribution in [3.63, 3.8) is 0 Å². The van der Waals surface area contributed by atoms with Gasteiger partial charge in [0.1, 0.15) is 0 Å². The minimum Gasteiger partial charge on any atom is -0.476 e. The average Bonchev–Trinajstić information content (AvgIpc) is 2.17. The van der Waals surface area contributed by atoms with Crippen LogP contribution in [0, 0.1) is 3.57 Å². The molecule has 9 heteroatoms. The molecule has 0 amide bonds. The molecule has 17 heavy (non-hydrogen) atoms. The third-order valence-electron chi connectivity index (χ3n) is 1.65. The zero-order valence-corrected chi connectivity index (χ0v) is 10.2. The van der Waals surface area contributed by atoms with Gasteiger partial charge in [0.05, 0.1) is 3.57 Å². The summed E-state index contributed by atoms with van der Waals surface area (Å²) >= 11 is 1.65. The van der Waals surface area contributed by atoms with E-state index in [0.717, 1.165) is 6.07 Å². The summed E-state index contributed by atoms with van der Waals surface area (Å²) in [5, 5.41) is 8.76. The number of nitrogens with zero attached hydrogens (tertiary/aromatic N) is 1. The maximum atomic E-state index is 12.0. The Morgan fingerprint density at radius 2 is 2.18 bits per heavy atom. The van der Waals surface area contributed by atoms with Crippen LogP contribution in [0.15, 0.2) is 6.07 Å². The van der Waals surface area contributed by atoms with Crippen molar-refractivity contribution < 1.29 is 27.8 Å². The van der Waals surface area contributed by atoms with Crippen LogP contribution in [0.3, 0.4) is 0 Å². The number of pyridine rings is 1. The molecular formula is C8H6F3IN2O3. The summed E-state index contributed by atoms with van der Waals surface area (Å²) in [4.78, 5) is 14.0. The first kappa shape index (κ1) is 14.0. The Morgan fingerprint density at radius 3 is 2.59 bits per heavy atom. The largest absolute Gasteiger partial charge is 0.574 e. The first-order chi connectivity index (χ1) is 7.74. The van der Waals surface area contributed by atoms with Crippen molar-refractivity contribution in [2.75, 3.05) is 0 Å². The molecule has 1 heterocycles. The standard InChI is InChI=1S/C8H6F3IN2O3/c9-8(10,11)17-4-1-3(2-13)5(12)6(14-4)7(15)16/h1H,2,13H2,(H,15,16). The van der Waals surface area contributed by atoms with Gasteiger partial charge in [-0.1, -0.05) is 0 Å². The van der Waals surface area contributed by atoms with E-state index >= 15 is 0 Å². The smallest absolute Gasteiger partial charge is 0.476 e. The molecule has 0 saturated heterocycles. The number of rotatable bonds is 3. The van der Waals surface area contributed by atoms with E-state index in [4.69, 9.17) is 10.8 Å². The van der Waals surface area contributed by atoms with Gasteiger partial charge < -0.3 is 15.6 Å². The third-order valence-corrected chi connectivity index (χ3v) is 2.86. The quantitative estimate of drug-likeness (QED) is 0.801. The molecular weight excluding hydrogens is 356 g/mol. The van der Waals surface area contributed by atoms with E-state index in [9.17, 15) is 18.0 Å². The van der Waals surface area contributed by atoms with Gasteiger partial charge in [-0.05, 0) is 28.2 Å². The van der Waals surface area contributed by atoms with Crippen LogP contribution in [0.2, 0.25) is 0 Å². The number of alkyl halides is 3. The van der Waals surface area contributed by atoms with Gasteiger partial charge in [-0.25, -0.2) is 9.78 Å². The molecule has 0 radical (unpaired) electrons. The molecule has 0 spiro atoms. The lowest BCUT2D eigenvalue weighted by molar-refractivity contribution is -0.276. The van der Waals surface area contributed by atoms with Crippen molar-refractivity contribution >= 4 is 28.6 Å². The average molecular weight is 362 g/mol. The normalized spacial score (nSPS) is 11.4. The van der Waals surface area contributed by atoms with Gasteiger partial charge in [-0.15, -0.1) is 13.2 Å². The van der Waals surface area contributed by atoms with Crippen molar-refractivity contribution in [3.8, 4) is 5.88 Å². The molecule has 0 bridgehead atoms. The molecule has 3 N–H and O–H groups in total. The number of halogens is 4. The van der Waals surface area contributed by atoms with Crippen molar-refractivity contribution in [1.82, 2.24) is 4.98 Å². The number of ether oxygens (including phenoxy) is 1. The molecule has 0 aromatic carbocycles. The second kappa shape index (κ2) is 5.04. The van der Waals surface area contributed by atoms with Crippen molar-refractivity contribution in [3.05, 3.63) is 20.9 Å². The maximum absolute atomic E-state index is 12.0. The lowest BCUT2D eigenvalue weighted by Crippen LogP contribution is -2.20. The first-order valence-corrected chi connectivity index (χ1v) is 5.21. The summed E-state index contributed by atoms with van der Waals surface area (Å²) in [7, 11) is 0. The molecule has 0 fully saturated rings. The van der Waals surface area contributed by atoms with Crippen LogP contribution >= 0.6 is 22.6 Å². The molecule has 0 atom stereocenters. The number of carboxylic acid groups (broad SMARTS) is 1. The van der Waals surface area contributed by atoms with Crippen molar-refractivity contribution in [2.24, 2.45) is 5.73 Å². The monoisotopic (exact) mass is 362 g/mol. The number of carboxylic acids is 1. The van der Waals surface area contributed by atoms with Gasteiger partial charge in [0, 0.05) is 12.6 Å². The van der Waals surface area contributed by atoms with E-state index in [-0.39, 0.29) is 15.7 Å². The predicted molar refractivity (Wildman–Crippen MR) is 58.5 cm³/mol. The van der Waals surface area contributed by atoms with Crippen LogP contribution in [-0.4, -0.2) is 22.4 Å². The van der Waals surface area contributed by atoms with E-state index in [2.05, 4.69) is 9.72 Å². The topological polar surface area (TPSA) is 85.4 Å². The highest BCUT2D eigenvalue weighted by Crippen LogP contribution is 2.25. The van der Waals surface area contributed by atoms with Gasteiger partial charge >= 0.3 is 12.3 Å². The Morgan fingerprint density at radius 1 is 1.59 bits per heavy atom. The van der Waals surface area contributed by atoms with Gasteiger partial charge in [0.15, 0.2) is 5.69 Å². The van der Waals surface area contributed by atoms with Crippen LogP contribution in [0.25, 0.3) is 0 Å². The Hall–Kier alpha value is -1.10. The van der Waals surface area contributed by atoms with Crippen molar-refractivity contribution in [2.45, 2.75) is 12.9 Å². The Kier molecular flexibility index (Phi) is 4.14. The Bertz CT molecular complexity index is 450. The molecule has 5 nitrogen and oxygen atoms in total. The minimum atomic E-state index is -4.93. The number of nitrogens with two attached hydrogens (primary N) is 1. The van der Waals surface area contributed by atoms with Gasteiger partial charge in [-0.3, -0.25) is 0 Å². The molecule has 1 aromatic heterocycles. The van der Waals surface area contributed by atoms with E-state index in [1.807, 2.05) is 0 Å². The fraction of sp³-hybridized carbons (Fsp3) is 0.250. The Labute approximate surface area is 107 Å². The highest BCUT2D eigenvalue weighted by atomic mass is 127. The zero-order chi connectivity index (χ0) is 13.2. The second-order valence-corrected chi connectivity index (χ2v) is 3.92. The van der Waals surface area contributed by atoms with Gasteiger partial charge in [-0.2, -0.15) is 0 Å². The maximum Gasteiger partial charge on any atom is 0.574 e. The van der Waals surface area contributed by atoms with Gasteiger partial charge in [0.2, 0.25) is 5.88 Å². The summed E-state index contributed by atoms with van der Waals surface area (Å²) in [6.07, 6.45) is -4.93. The summed E-state index contributed by atoms with van der Waals surface area (Å²) in [5.41, 5.74) is 4.99. The molecule has 94 valence electrons. The van der Waals surface area contributed by atoms with Crippen molar-refractivity contribution in [1.29, 1.82) is 0 Å². The first-order valence-electron chi connectivity index (χ1n) is 4.13. The van der Waals surface area contributed by atoms with Gasteiger partial charge in [0.25, 0.3) is 0 Å². The van der Waals surface area contributed by atoms with E-state index in [1.165, 1.54) is 0 Å². The molecule has 1 rings (SSSR count). The third kappa shape index (κ3) is 3.70. The summed E-state index contributed by atoms with van der Waals surface area (Å²) < 4.78 is 39.6. The minimum absolute atomic E-state index is 0.116. The Balaban J connectivity index is 3.25. The number of aromatic nitrogens is 1.